The van der Waals surface area contributed by atoms with Gasteiger partial charge < -0.3 is 0 Å². The summed E-state index contributed by atoms with van der Waals surface area (Å²) in [6, 6.07) is 2.80. The highest BCUT2D eigenvalue weighted by Crippen LogP contribution is 2.25. The van der Waals surface area contributed by atoms with E-state index in [1.165, 1.54) is 19.1 Å². The zero-order valence-electron chi connectivity index (χ0n) is 8.41. The molecular formula is C11H14F2. The van der Waals surface area contributed by atoms with Gasteiger partial charge in [0.15, 0.2) is 0 Å². The van der Waals surface area contributed by atoms with Crippen molar-refractivity contribution in [2.45, 2.75) is 33.1 Å². The van der Waals surface area contributed by atoms with Gasteiger partial charge in [-0.1, -0.05) is 20.8 Å². The van der Waals surface area contributed by atoms with Crippen LogP contribution < -0.4 is 0 Å². The van der Waals surface area contributed by atoms with E-state index in [4.69, 9.17) is 0 Å². The van der Waals surface area contributed by atoms with E-state index in [2.05, 4.69) is 0 Å². The maximum Gasteiger partial charge on any atom is 0.129 e. The quantitative estimate of drug-likeness (QED) is 0.578. The number of hydrogen-bond acceptors (Lipinski definition) is 0. The molecule has 2 heteroatoms. The van der Waals surface area contributed by atoms with Crippen molar-refractivity contribution in [1.82, 2.24) is 0 Å². The van der Waals surface area contributed by atoms with Gasteiger partial charge in [-0.2, -0.15) is 0 Å². The van der Waals surface area contributed by atoms with Crippen LogP contribution in [0.4, 0.5) is 8.78 Å². The van der Waals surface area contributed by atoms with Crippen molar-refractivity contribution < 1.29 is 8.78 Å². The zero-order chi connectivity index (χ0) is 10.2. The van der Waals surface area contributed by atoms with Gasteiger partial charge >= 0.3 is 0 Å². The molecule has 0 nitrogen and oxygen atoms in total. The van der Waals surface area contributed by atoms with E-state index in [-0.39, 0.29) is 11.0 Å². The van der Waals surface area contributed by atoms with Crippen molar-refractivity contribution in [1.29, 1.82) is 0 Å². The summed E-state index contributed by atoms with van der Waals surface area (Å²) in [5, 5.41) is 0. The lowest BCUT2D eigenvalue weighted by molar-refractivity contribution is 0.536. The van der Waals surface area contributed by atoms with E-state index >= 15 is 0 Å². The molecule has 0 spiro atoms. The van der Waals surface area contributed by atoms with Crippen LogP contribution >= 0.6 is 0 Å². The Morgan fingerprint density at radius 3 is 1.69 bits per heavy atom. The van der Waals surface area contributed by atoms with Gasteiger partial charge in [-0.15, -0.1) is 0 Å². The Labute approximate surface area is 77.6 Å². The zero-order valence-corrected chi connectivity index (χ0v) is 8.41. The third kappa shape index (κ3) is 2.06. The molecule has 1 aromatic rings. The third-order valence-electron chi connectivity index (χ3n) is 2.15. The maximum atomic E-state index is 13.1. The highest BCUT2D eigenvalue weighted by atomic mass is 19.1. The first-order valence-electron chi connectivity index (χ1n) is 4.28. The SMILES string of the molecule is Cc1c(F)cc(C(C)(C)C)cc1F. The van der Waals surface area contributed by atoms with Gasteiger partial charge in [0, 0.05) is 5.56 Å². The molecule has 0 amide bonds. The molecular weight excluding hydrogens is 170 g/mol. The Morgan fingerprint density at radius 1 is 1.00 bits per heavy atom. The second-order valence-corrected chi connectivity index (χ2v) is 4.31. The van der Waals surface area contributed by atoms with E-state index in [9.17, 15) is 8.78 Å². The fourth-order valence-electron chi connectivity index (χ4n) is 1.08. The van der Waals surface area contributed by atoms with Gasteiger partial charge in [-0.3, -0.25) is 0 Å². The summed E-state index contributed by atoms with van der Waals surface area (Å²) in [7, 11) is 0. The second-order valence-electron chi connectivity index (χ2n) is 4.31. The van der Waals surface area contributed by atoms with Crippen LogP contribution in [0.3, 0.4) is 0 Å². The summed E-state index contributed by atoms with van der Waals surface area (Å²) >= 11 is 0. The minimum absolute atomic E-state index is 0.0907. The molecule has 0 aliphatic carbocycles. The van der Waals surface area contributed by atoms with Crippen LogP contribution in [0.2, 0.25) is 0 Å². The molecule has 0 fully saturated rings. The number of hydrogen-bond donors (Lipinski definition) is 0. The molecule has 0 aliphatic heterocycles. The van der Waals surface area contributed by atoms with Gasteiger partial charge in [-0.25, -0.2) is 8.78 Å². The third-order valence-corrected chi connectivity index (χ3v) is 2.15. The van der Waals surface area contributed by atoms with Gasteiger partial charge in [0.05, 0.1) is 0 Å². The maximum absolute atomic E-state index is 13.1. The molecule has 0 radical (unpaired) electrons. The smallest absolute Gasteiger partial charge is 0.129 e. The van der Waals surface area contributed by atoms with E-state index in [1.54, 1.807) is 0 Å². The van der Waals surface area contributed by atoms with Gasteiger partial charge in [0.25, 0.3) is 0 Å². The molecule has 0 N–H and O–H groups in total. The molecule has 0 aliphatic rings. The van der Waals surface area contributed by atoms with Crippen molar-refractivity contribution in [3.8, 4) is 0 Å². The van der Waals surface area contributed by atoms with Gasteiger partial charge in [0.2, 0.25) is 0 Å². The summed E-state index contributed by atoms with van der Waals surface area (Å²) in [4.78, 5) is 0. The second kappa shape index (κ2) is 3.09. The average Bonchev–Trinajstić information content (AvgIpc) is 1.97. The molecule has 1 rings (SSSR count). The van der Waals surface area contributed by atoms with E-state index in [1.807, 2.05) is 20.8 Å². The largest absolute Gasteiger partial charge is 0.207 e. The highest BCUT2D eigenvalue weighted by molar-refractivity contribution is 5.29. The van der Waals surface area contributed by atoms with Crippen LogP contribution in [0.1, 0.15) is 31.9 Å². The van der Waals surface area contributed by atoms with Gasteiger partial charge in [-0.05, 0) is 30.0 Å². The Morgan fingerprint density at radius 2 is 1.38 bits per heavy atom. The lowest BCUT2D eigenvalue weighted by Crippen LogP contribution is -2.12. The van der Waals surface area contributed by atoms with Crippen LogP contribution in [0.25, 0.3) is 0 Å². The van der Waals surface area contributed by atoms with Crippen molar-refractivity contribution in [2.24, 2.45) is 0 Å². The molecule has 0 aromatic heterocycles. The topological polar surface area (TPSA) is 0 Å². The van der Waals surface area contributed by atoms with Crippen LogP contribution in [0.5, 0.6) is 0 Å². The normalized spacial score (nSPS) is 11.8. The Kier molecular flexibility index (Phi) is 2.42. The predicted octanol–water partition coefficient (Wildman–Crippen LogP) is 3.57. The number of benzene rings is 1. The lowest BCUT2D eigenvalue weighted by atomic mass is 9.86. The molecule has 0 heterocycles. The van der Waals surface area contributed by atoms with Gasteiger partial charge in [0.1, 0.15) is 11.6 Å². The number of halogens is 2. The summed E-state index contributed by atoms with van der Waals surface area (Å²) in [6.07, 6.45) is 0. The van der Waals surface area contributed by atoms with Crippen molar-refractivity contribution in [3.63, 3.8) is 0 Å². The van der Waals surface area contributed by atoms with E-state index in [0.717, 1.165) is 0 Å². The fraction of sp³-hybridized carbons (Fsp3) is 0.455. The first-order chi connectivity index (χ1) is 5.82. The minimum atomic E-state index is -0.468. The number of rotatable bonds is 0. The summed E-state index contributed by atoms with van der Waals surface area (Å²) < 4.78 is 26.3. The van der Waals surface area contributed by atoms with Crippen LogP contribution in [0, 0.1) is 18.6 Å². The Hall–Kier alpha value is -0.920. The molecule has 1 aromatic carbocycles. The molecule has 13 heavy (non-hydrogen) atoms. The summed E-state index contributed by atoms with van der Waals surface area (Å²) in [5.74, 6) is -0.935. The summed E-state index contributed by atoms with van der Waals surface area (Å²) in [5.41, 5.74) is 0.566. The van der Waals surface area contributed by atoms with Crippen molar-refractivity contribution >= 4 is 0 Å². The fourth-order valence-corrected chi connectivity index (χ4v) is 1.08. The van der Waals surface area contributed by atoms with Crippen molar-refractivity contribution in [2.75, 3.05) is 0 Å². The summed E-state index contributed by atoms with van der Waals surface area (Å²) in [6.45, 7) is 7.22. The molecule has 72 valence electrons. The van der Waals surface area contributed by atoms with E-state index in [0.29, 0.717) is 5.56 Å². The molecule has 0 atom stereocenters. The predicted molar refractivity (Wildman–Crippen MR) is 49.8 cm³/mol. The first kappa shape index (κ1) is 10.2. The minimum Gasteiger partial charge on any atom is -0.207 e. The molecule has 0 unspecified atom stereocenters. The Bertz CT molecular complexity index is 298. The molecule has 0 bridgehead atoms. The Balaban J connectivity index is 3.29. The highest BCUT2D eigenvalue weighted by Gasteiger charge is 2.17. The van der Waals surface area contributed by atoms with Crippen LogP contribution in [-0.4, -0.2) is 0 Å². The van der Waals surface area contributed by atoms with Crippen LogP contribution in [-0.2, 0) is 5.41 Å². The average molecular weight is 184 g/mol. The monoisotopic (exact) mass is 184 g/mol. The molecule has 0 saturated carbocycles. The van der Waals surface area contributed by atoms with Crippen LogP contribution in [0.15, 0.2) is 12.1 Å². The molecule has 0 saturated heterocycles. The van der Waals surface area contributed by atoms with E-state index < -0.39 is 11.6 Å². The first-order valence-corrected chi connectivity index (χ1v) is 4.28. The van der Waals surface area contributed by atoms with Crippen molar-refractivity contribution in [3.05, 3.63) is 34.9 Å². The lowest BCUT2D eigenvalue weighted by Gasteiger charge is -2.19. The standard InChI is InChI=1S/C11H14F2/c1-7-9(12)5-8(6-10(7)13)11(2,3)4/h5-6H,1-4H3.